The number of anilines is 3. The number of fused-ring (bicyclic) bond motifs is 4. The minimum absolute atomic E-state index is 0.0225. The summed E-state index contributed by atoms with van der Waals surface area (Å²) in [6, 6.07) is 5.25. The predicted octanol–water partition coefficient (Wildman–Crippen LogP) is 7.16. The quantitative estimate of drug-likeness (QED) is 0.178. The number of amides is 2. The molecule has 0 saturated carbocycles. The molecule has 3 aliphatic rings. The molecular weight excluding hydrogens is 707 g/mol. The van der Waals surface area contributed by atoms with Gasteiger partial charge in [-0.25, -0.2) is 14.2 Å². The molecule has 2 amide bonds. The van der Waals surface area contributed by atoms with Gasteiger partial charge < -0.3 is 29.9 Å². The van der Waals surface area contributed by atoms with Crippen molar-refractivity contribution >= 4 is 72.7 Å². The number of nitriles is 1. The Kier molecular flexibility index (Phi) is 9.44. The lowest BCUT2D eigenvalue weighted by atomic mass is 9.91. The number of ether oxygens (including phenoxy) is 2. The van der Waals surface area contributed by atoms with Crippen molar-refractivity contribution < 1.29 is 23.5 Å². The molecule has 0 unspecified atom stereocenters. The summed E-state index contributed by atoms with van der Waals surface area (Å²) in [4.78, 5) is 40.0. The molecule has 2 aromatic heterocycles. The number of aromatic nitrogens is 2. The molecule has 0 aliphatic carbocycles. The lowest BCUT2D eigenvalue weighted by molar-refractivity contribution is -0.127. The fourth-order valence-corrected chi connectivity index (χ4v) is 8.92. The lowest BCUT2D eigenvalue weighted by Gasteiger charge is -2.28. The van der Waals surface area contributed by atoms with Crippen LogP contribution in [0.1, 0.15) is 71.1 Å². The Morgan fingerprint density at radius 3 is 2.60 bits per heavy atom. The first kappa shape index (κ1) is 36.1. The second-order valence-electron chi connectivity index (χ2n) is 15.0. The van der Waals surface area contributed by atoms with Gasteiger partial charge in [-0.15, -0.1) is 11.3 Å². The number of benzene rings is 2. The summed E-state index contributed by atoms with van der Waals surface area (Å²) < 4.78 is 27.2. The first-order valence-corrected chi connectivity index (χ1v) is 18.7. The average Bonchev–Trinajstić information content (AvgIpc) is 3.85. The van der Waals surface area contributed by atoms with Gasteiger partial charge in [0.25, 0.3) is 0 Å². The second kappa shape index (κ2) is 13.6. The van der Waals surface area contributed by atoms with Gasteiger partial charge in [-0.1, -0.05) is 31.5 Å². The molecule has 4 aromatic rings. The van der Waals surface area contributed by atoms with Gasteiger partial charge in [-0.2, -0.15) is 10.2 Å². The molecule has 15 heteroatoms. The first-order chi connectivity index (χ1) is 24.7. The van der Waals surface area contributed by atoms with Crippen molar-refractivity contribution in [3.05, 3.63) is 39.7 Å². The number of carbonyl (C=O) groups excluding carboxylic acids is 2. The minimum atomic E-state index is -0.780. The minimum Gasteiger partial charge on any atom is -0.444 e. The molecule has 7 rings (SSSR count). The maximum absolute atomic E-state index is 15.6. The molecule has 0 spiro atoms. The number of hydrogen-bond donors (Lipinski definition) is 3. The van der Waals surface area contributed by atoms with Crippen LogP contribution in [-0.2, 0) is 27.5 Å². The van der Waals surface area contributed by atoms with E-state index in [0.29, 0.717) is 64.7 Å². The van der Waals surface area contributed by atoms with E-state index in [-0.39, 0.29) is 51.5 Å². The highest BCUT2D eigenvalue weighted by molar-refractivity contribution is 7.23. The zero-order valence-electron chi connectivity index (χ0n) is 30.2. The number of thiophene rings is 1. The van der Waals surface area contributed by atoms with Crippen LogP contribution in [0.2, 0.25) is 5.02 Å². The monoisotopic (exact) mass is 748 g/mol. The maximum atomic E-state index is 15.6. The number of carbonyl (C=O) groups is 2. The van der Waals surface area contributed by atoms with Crippen molar-refractivity contribution in [3.63, 3.8) is 0 Å². The van der Waals surface area contributed by atoms with E-state index in [0.717, 1.165) is 28.9 Å². The Labute approximate surface area is 310 Å². The Balaban J connectivity index is 1.44. The molecule has 0 radical (unpaired) electrons. The molecule has 2 aromatic carbocycles. The molecule has 12 nitrogen and oxygen atoms in total. The number of nitrogens with one attached hydrogen (secondary N) is 3. The van der Waals surface area contributed by atoms with Gasteiger partial charge >= 0.3 is 6.09 Å². The van der Waals surface area contributed by atoms with E-state index >= 15 is 4.39 Å². The van der Waals surface area contributed by atoms with Gasteiger partial charge in [0, 0.05) is 49.2 Å². The standard InChI is InChI=1S/C37H42ClFN8O4S/c1-17(2)41-24-11-13-47(18(24)3)35-43-30-28(32(44-35)42-25-10-12-46(7)34(25)48)22-16-50-15-21(22)26(29(30)38)19-8-9-23(39)31-27(19)20(14-40)33(52-31)45-36(49)51-37(4,5)6/h8-9,17-18,24-25,41H,10-13,15-16H2,1-7H3,(H,45,49)(H,42,43,44)/t18-,24-,25+/m0/s1. The van der Waals surface area contributed by atoms with Gasteiger partial charge in [0.05, 0.1) is 39.4 Å². The van der Waals surface area contributed by atoms with Crippen LogP contribution in [0.5, 0.6) is 0 Å². The summed E-state index contributed by atoms with van der Waals surface area (Å²) >= 11 is 8.43. The lowest BCUT2D eigenvalue weighted by Crippen LogP contribution is -2.43. The topological polar surface area (TPSA) is 145 Å². The smallest absolute Gasteiger partial charge is 0.412 e. The summed E-state index contributed by atoms with van der Waals surface area (Å²) in [6.45, 7) is 13.4. The van der Waals surface area contributed by atoms with E-state index in [4.69, 9.17) is 31.0 Å². The van der Waals surface area contributed by atoms with E-state index in [2.05, 4.69) is 47.7 Å². The van der Waals surface area contributed by atoms with Crippen LogP contribution in [0.15, 0.2) is 12.1 Å². The molecule has 3 N–H and O–H groups in total. The predicted molar refractivity (Wildman–Crippen MR) is 202 cm³/mol. The van der Waals surface area contributed by atoms with Gasteiger partial charge in [-0.3, -0.25) is 10.1 Å². The van der Waals surface area contributed by atoms with Crippen LogP contribution in [-0.4, -0.2) is 76.8 Å². The van der Waals surface area contributed by atoms with Gasteiger partial charge in [-0.05, 0) is 63.3 Å². The number of hydrogen-bond acceptors (Lipinski definition) is 11. The summed E-state index contributed by atoms with van der Waals surface area (Å²) in [5.74, 6) is 0.405. The number of likely N-dealkylation sites (tertiary alicyclic amines) is 1. The third-order valence-corrected chi connectivity index (χ3v) is 11.4. The molecule has 274 valence electrons. The normalized spacial score (nSPS) is 20.3. The van der Waals surface area contributed by atoms with Crippen LogP contribution in [0.25, 0.3) is 32.1 Å². The molecule has 3 aliphatic heterocycles. The fraction of sp³-hybridized carbons (Fsp3) is 0.486. The molecular formula is C37H42ClFN8O4S. The Hall–Kier alpha value is -4.29. The van der Waals surface area contributed by atoms with Crippen molar-refractivity contribution in [2.24, 2.45) is 0 Å². The largest absolute Gasteiger partial charge is 0.444 e. The molecule has 5 heterocycles. The van der Waals surface area contributed by atoms with Crippen molar-refractivity contribution in [3.8, 4) is 17.2 Å². The van der Waals surface area contributed by atoms with Crippen LogP contribution < -0.4 is 20.9 Å². The van der Waals surface area contributed by atoms with Crippen LogP contribution >= 0.6 is 22.9 Å². The van der Waals surface area contributed by atoms with Crippen molar-refractivity contribution in [1.82, 2.24) is 20.2 Å². The molecule has 2 fully saturated rings. The van der Waals surface area contributed by atoms with Crippen LogP contribution in [0.4, 0.5) is 26.0 Å². The van der Waals surface area contributed by atoms with Gasteiger partial charge in [0.1, 0.15) is 34.3 Å². The zero-order chi connectivity index (χ0) is 37.2. The highest BCUT2D eigenvalue weighted by Gasteiger charge is 2.37. The van der Waals surface area contributed by atoms with E-state index in [1.165, 1.54) is 6.07 Å². The molecule has 52 heavy (non-hydrogen) atoms. The Morgan fingerprint density at radius 1 is 1.17 bits per heavy atom. The summed E-state index contributed by atoms with van der Waals surface area (Å²) in [6.07, 6.45) is 0.756. The fourth-order valence-electron chi connectivity index (χ4n) is 7.50. The van der Waals surface area contributed by atoms with Gasteiger partial charge in [0.2, 0.25) is 11.9 Å². The summed E-state index contributed by atoms with van der Waals surface area (Å²) in [5, 5.41) is 21.6. The average molecular weight is 749 g/mol. The summed E-state index contributed by atoms with van der Waals surface area (Å²) in [7, 11) is 1.79. The van der Waals surface area contributed by atoms with E-state index in [1.54, 1.807) is 38.8 Å². The summed E-state index contributed by atoms with van der Waals surface area (Å²) in [5.41, 5.74) is 2.39. The number of rotatable bonds is 7. The Bertz CT molecular complexity index is 2160. The maximum Gasteiger partial charge on any atom is 0.412 e. The zero-order valence-corrected chi connectivity index (χ0v) is 31.8. The molecule has 2 saturated heterocycles. The van der Waals surface area contributed by atoms with Gasteiger partial charge in [0.15, 0.2) is 0 Å². The van der Waals surface area contributed by atoms with E-state index in [9.17, 15) is 14.9 Å². The van der Waals surface area contributed by atoms with Crippen LogP contribution in [0.3, 0.4) is 0 Å². The highest BCUT2D eigenvalue weighted by Crippen LogP contribution is 2.50. The molecule has 0 bridgehead atoms. The van der Waals surface area contributed by atoms with E-state index in [1.807, 2.05) is 0 Å². The van der Waals surface area contributed by atoms with Crippen LogP contribution in [0, 0.1) is 17.1 Å². The molecule has 3 atom stereocenters. The third-order valence-electron chi connectivity index (χ3n) is 9.87. The highest BCUT2D eigenvalue weighted by atomic mass is 35.5. The van der Waals surface area contributed by atoms with Crippen molar-refractivity contribution in [2.75, 3.05) is 35.7 Å². The SMILES string of the molecule is CC(C)N[C@H]1CCN(c2nc(N[C@@H]3CCN(C)C3=O)c3c4c(c(-c5ccc(F)c6sc(NC(=O)OC(C)(C)C)c(C#N)c56)c(Cl)c3n2)COC4)[C@H]1C. The van der Waals surface area contributed by atoms with Crippen molar-refractivity contribution in [1.29, 1.82) is 5.26 Å². The Morgan fingerprint density at radius 2 is 1.92 bits per heavy atom. The number of nitrogens with zero attached hydrogens (tertiary/aromatic N) is 5. The van der Waals surface area contributed by atoms with Crippen molar-refractivity contribution in [2.45, 2.75) is 97.4 Å². The van der Waals surface area contributed by atoms with E-state index < -0.39 is 23.6 Å². The third kappa shape index (κ3) is 6.38. The number of likely N-dealkylation sites (N-methyl/N-ethyl adjacent to an activating group) is 1. The number of halogens is 2. The second-order valence-corrected chi connectivity index (χ2v) is 16.4. The first-order valence-electron chi connectivity index (χ1n) is 17.5.